The molecule has 0 aromatic heterocycles. The first-order chi connectivity index (χ1) is 11.0. The Morgan fingerprint density at radius 1 is 1.04 bits per heavy atom. The normalized spacial score (nSPS) is 10.3. The van der Waals surface area contributed by atoms with Gasteiger partial charge in [0.05, 0.1) is 5.69 Å². The molecule has 0 radical (unpaired) electrons. The van der Waals surface area contributed by atoms with E-state index < -0.39 is 16.8 Å². The largest absolute Gasteiger partial charge is 0.769 e. The number of carbonyl (C=O) groups is 1. The molecule has 3 N–H and O–H groups in total. The Bertz CT molecular complexity index is 635. The van der Waals surface area contributed by atoms with Crippen LogP contribution in [0, 0.1) is 10.4 Å². The number of carbonyl (C=O) groups excluding carboxylic acids is 1. The van der Waals surface area contributed by atoms with Gasteiger partial charge in [-0.2, -0.15) is 0 Å². The van der Waals surface area contributed by atoms with Crippen molar-refractivity contribution in [1.82, 2.24) is 5.32 Å². The molecule has 0 aliphatic heterocycles. The zero-order valence-corrected chi connectivity index (χ0v) is 12.0. The average molecular weight is 317 g/mol. The number of nitrogens with one attached hydrogen (secondary N) is 1. The van der Waals surface area contributed by atoms with Gasteiger partial charge in [-0.05, 0) is 30.2 Å². The zero-order chi connectivity index (χ0) is 16.8. The molecule has 8 nitrogen and oxygen atoms in total. The Labute approximate surface area is 132 Å². The van der Waals surface area contributed by atoms with E-state index in [-0.39, 0.29) is 16.5 Å². The van der Waals surface area contributed by atoms with Crippen molar-refractivity contribution >= 4 is 17.3 Å². The van der Waals surface area contributed by atoms with Crippen LogP contribution < -0.4 is 15.8 Å². The SMILES string of the molecule is O=C(NCCc1ccccc1)c1cc(N([O-])[O-])cc(N(O)O)c1. The minimum Gasteiger partial charge on any atom is -0.769 e. The minimum atomic E-state index is -0.715. The van der Waals surface area contributed by atoms with Crippen molar-refractivity contribution in [2.24, 2.45) is 0 Å². The first-order valence-electron chi connectivity index (χ1n) is 6.77. The highest BCUT2D eigenvalue weighted by Gasteiger charge is 2.10. The highest BCUT2D eigenvalue weighted by molar-refractivity contribution is 5.96. The molecule has 8 heteroatoms. The third kappa shape index (κ3) is 4.66. The Hall–Kier alpha value is -2.65. The number of nitrogens with zero attached hydrogens (tertiary/aromatic N) is 2. The van der Waals surface area contributed by atoms with Gasteiger partial charge in [-0.25, -0.2) is 0 Å². The predicted octanol–water partition coefficient (Wildman–Crippen LogP) is 2.05. The first kappa shape index (κ1) is 16.7. The second-order valence-electron chi connectivity index (χ2n) is 4.78. The Morgan fingerprint density at radius 3 is 2.30 bits per heavy atom. The fourth-order valence-corrected chi connectivity index (χ4v) is 2.01. The summed E-state index contributed by atoms with van der Waals surface area (Å²) in [6.45, 7) is 0.350. The van der Waals surface area contributed by atoms with Crippen LogP contribution in [0.2, 0.25) is 0 Å². The van der Waals surface area contributed by atoms with Crippen LogP contribution >= 0.6 is 0 Å². The van der Waals surface area contributed by atoms with Gasteiger partial charge >= 0.3 is 0 Å². The Kier molecular flexibility index (Phi) is 5.50. The molecule has 0 saturated carbocycles. The summed E-state index contributed by atoms with van der Waals surface area (Å²) in [7, 11) is 0. The van der Waals surface area contributed by atoms with Crippen LogP contribution in [0.3, 0.4) is 0 Å². The van der Waals surface area contributed by atoms with Crippen molar-refractivity contribution in [1.29, 1.82) is 0 Å². The Balaban J connectivity index is 2.06. The summed E-state index contributed by atoms with van der Waals surface area (Å²) in [5.74, 6) is -0.535. The lowest BCUT2D eigenvalue weighted by molar-refractivity contribution is 0.0291. The summed E-state index contributed by atoms with van der Waals surface area (Å²) in [6, 6.07) is 12.7. The first-order valence-corrected chi connectivity index (χ1v) is 6.77. The van der Waals surface area contributed by atoms with E-state index in [9.17, 15) is 15.2 Å². The highest BCUT2D eigenvalue weighted by Crippen LogP contribution is 2.23. The lowest BCUT2D eigenvalue weighted by Crippen LogP contribution is -2.26. The van der Waals surface area contributed by atoms with Crippen LogP contribution in [0.25, 0.3) is 0 Å². The van der Waals surface area contributed by atoms with E-state index in [0.717, 1.165) is 23.8 Å². The molecule has 0 heterocycles. The van der Waals surface area contributed by atoms with Crippen molar-refractivity contribution in [3.8, 4) is 0 Å². The quantitative estimate of drug-likeness (QED) is 0.697. The molecule has 2 aromatic carbocycles. The fraction of sp³-hybridized carbons (Fsp3) is 0.133. The van der Waals surface area contributed by atoms with Gasteiger partial charge in [0.1, 0.15) is 0 Å². The van der Waals surface area contributed by atoms with Gasteiger partial charge in [0, 0.05) is 17.8 Å². The van der Waals surface area contributed by atoms with Crippen molar-refractivity contribution in [2.75, 3.05) is 17.0 Å². The molecule has 122 valence electrons. The Morgan fingerprint density at radius 2 is 1.70 bits per heavy atom. The second kappa shape index (κ2) is 7.56. The summed E-state index contributed by atoms with van der Waals surface area (Å²) >= 11 is 0. The van der Waals surface area contributed by atoms with Crippen LogP contribution in [0.4, 0.5) is 11.4 Å². The molecule has 2 aromatic rings. The summed E-state index contributed by atoms with van der Waals surface area (Å²) in [5.41, 5.74) is 0.330. The predicted molar refractivity (Wildman–Crippen MR) is 84.2 cm³/mol. The molecule has 0 spiro atoms. The smallest absolute Gasteiger partial charge is 0.251 e. The topological polar surface area (TPSA) is 122 Å². The number of anilines is 2. The molecule has 23 heavy (non-hydrogen) atoms. The van der Waals surface area contributed by atoms with Crippen LogP contribution in [0.15, 0.2) is 48.5 Å². The summed E-state index contributed by atoms with van der Waals surface area (Å²) in [5, 5.41) is 41.3. The van der Waals surface area contributed by atoms with Gasteiger partial charge in [-0.15, -0.1) is 5.23 Å². The maximum Gasteiger partial charge on any atom is 0.251 e. The van der Waals surface area contributed by atoms with Crippen molar-refractivity contribution < 1.29 is 15.2 Å². The lowest BCUT2D eigenvalue weighted by atomic mass is 10.1. The molecule has 0 aliphatic rings. The standard InChI is InChI=1S/C15H15N3O5/c19-15(16-7-6-11-4-2-1-3-5-11)12-8-13(17(20)21)10-14(9-12)18(22)23/h1-5,8-10,20-21H,6-7H2,(H,16,19)/q-2. The zero-order valence-electron chi connectivity index (χ0n) is 12.0. The molecule has 0 saturated heterocycles. The summed E-state index contributed by atoms with van der Waals surface area (Å²) in [6.07, 6.45) is 0.612. The summed E-state index contributed by atoms with van der Waals surface area (Å²) in [4.78, 5) is 12.1. The number of benzene rings is 2. The number of hydrogen-bond acceptors (Lipinski definition) is 7. The van der Waals surface area contributed by atoms with E-state index in [1.807, 2.05) is 30.3 Å². The fourth-order valence-electron chi connectivity index (χ4n) is 2.01. The van der Waals surface area contributed by atoms with Gasteiger partial charge < -0.3 is 21.0 Å². The van der Waals surface area contributed by atoms with E-state index in [1.165, 1.54) is 0 Å². The number of amides is 1. The highest BCUT2D eigenvalue weighted by atomic mass is 16.8. The van der Waals surface area contributed by atoms with Gasteiger partial charge in [0.15, 0.2) is 0 Å². The monoisotopic (exact) mass is 317 g/mol. The molecule has 2 rings (SSSR count). The third-order valence-corrected chi connectivity index (χ3v) is 3.15. The van der Waals surface area contributed by atoms with Crippen molar-refractivity contribution in [3.05, 3.63) is 70.1 Å². The van der Waals surface area contributed by atoms with Gasteiger partial charge in [0.25, 0.3) is 5.91 Å². The minimum absolute atomic E-state index is 0.0321. The van der Waals surface area contributed by atoms with E-state index >= 15 is 0 Å². The van der Waals surface area contributed by atoms with E-state index in [0.29, 0.717) is 13.0 Å². The van der Waals surface area contributed by atoms with Crippen LogP contribution in [-0.2, 0) is 6.42 Å². The van der Waals surface area contributed by atoms with Crippen LogP contribution in [-0.4, -0.2) is 22.9 Å². The van der Waals surface area contributed by atoms with E-state index in [4.69, 9.17) is 10.4 Å². The van der Waals surface area contributed by atoms with Gasteiger partial charge in [-0.3, -0.25) is 15.2 Å². The van der Waals surface area contributed by atoms with Crippen molar-refractivity contribution in [3.63, 3.8) is 0 Å². The van der Waals surface area contributed by atoms with Crippen LogP contribution in [0.1, 0.15) is 15.9 Å². The van der Waals surface area contributed by atoms with E-state index in [1.54, 1.807) is 0 Å². The van der Waals surface area contributed by atoms with Gasteiger partial charge in [-0.1, -0.05) is 30.3 Å². The molecular weight excluding hydrogens is 302 g/mol. The van der Waals surface area contributed by atoms with Crippen molar-refractivity contribution in [2.45, 2.75) is 6.42 Å². The summed E-state index contributed by atoms with van der Waals surface area (Å²) < 4.78 is 0. The number of rotatable bonds is 6. The van der Waals surface area contributed by atoms with Gasteiger partial charge in [0.2, 0.25) is 0 Å². The molecule has 1 amide bonds. The molecule has 0 atom stereocenters. The molecule has 0 bridgehead atoms. The third-order valence-electron chi connectivity index (χ3n) is 3.15. The van der Waals surface area contributed by atoms with Crippen LogP contribution in [0.5, 0.6) is 0 Å². The maximum atomic E-state index is 12.1. The molecular formula is C15H15N3O5-2. The number of hydrogen-bond donors (Lipinski definition) is 3. The second-order valence-corrected chi connectivity index (χ2v) is 4.78. The maximum absolute atomic E-state index is 12.1. The van der Waals surface area contributed by atoms with E-state index in [2.05, 4.69) is 5.32 Å². The lowest BCUT2D eigenvalue weighted by Gasteiger charge is -2.38. The molecule has 0 fully saturated rings. The molecule has 0 unspecified atom stereocenters. The average Bonchev–Trinajstić information content (AvgIpc) is 2.55. The molecule has 0 aliphatic carbocycles.